The van der Waals surface area contributed by atoms with Crippen molar-refractivity contribution in [2.24, 2.45) is 11.3 Å². The molecule has 0 saturated heterocycles. The van der Waals surface area contributed by atoms with Crippen molar-refractivity contribution in [2.75, 3.05) is 40.6 Å². The average molecular weight is 849 g/mol. The van der Waals surface area contributed by atoms with Crippen LogP contribution in [0.15, 0.2) is 60.7 Å². The number of methoxy groups -OCH3 is 2. The van der Waals surface area contributed by atoms with Gasteiger partial charge in [0.2, 0.25) is 0 Å². The first kappa shape index (κ1) is 49.9. The van der Waals surface area contributed by atoms with Crippen LogP contribution in [0.2, 0.25) is 0 Å². The van der Waals surface area contributed by atoms with Crippen LogP contribution in [0.1, 0.15) is 122 Å². The second-order valence-corrected chi connectivity index (χ2v) is 15.9. The number of hydrogen-bond donors (Lipinski definition) is 0. The van der Waals surface area contributed by atoms with Crippen molar-refractivity contribution in [3.63, 3.8) is 0 Å². The van der Waals surface area contributed by atoms with Gasteiger partial charge in [-0.3, -0.25) is 19.2 Å². The molecule has 0 spiro atoms. The largest absolute Gasteiger partial charge is 0.489 e. The summed E-state index contributed by atoms with van der Waals surface area (Å²) in [5, 5.41) is 0. The molecule has 1 aliphatic rings. The van der Waals surface area contributed by atoms with Crippen LogP contribution in [-0.4, -0.2) is 76.5 Å². The summed E-state index contributed by atoms with van der Waals surface area (Å²) in [5.41, 5.74) is 2.90. The molecular formula is C48H64O13. The molecule has 2 aromatic carbocycles. The van der Waals surface area contributed by atoms with E-state index in [9.17, 15) is 28.8 Å². The Morgan fingerprint density at radius 2 is 1.23 bits per heavy atom. The summed E-state index contributed by atoms with van der Waals surface area (Å²) in [4.78, 5) is 74.6. The summed E-state index contributed by atoms with van der Waals surface area (Å²) in [6, 6.07) is 11.8. The first-order valence-electron chi connectivity index (χ1n) is 21.2. The van der Waals surface area contributed by atoms with E-state index in [-0.39, 0.29) is 48.3 Å². The maximum absolute atomic E-state index is 13.0. The molecule has 0 radical (unpaired) electrons. The maximum Gasteiger partial charge on any atom is 0.338 e. The summed E-state index contributed by atoms with van der Waals surface area (Å²) < 4.78 is 37.9. The van der Waals surface area contributed by atoms with Crippen molar-refractivity contribution < 1.29 is 61.9 Å². The molecule has 2 aromatic rings. The summed E-state index contributed by atoms with van der Waals surface area (Å²) in [6.07, 6.45) is 9.66. The van der Waals surface area contributed by atoms with Gasteiger partial charge >= 0.3 is 35.8 Å². The van der Waals surface area contributed by atoms with Gasteiger partial charge in [0.1, 0.15) is 31.8 Å². The predicted molar refractivity (Wildman–Crippen MR) is 229 cm³/mol. The Balaban J connectivity index is 1.98. The number of hydrogen-bond acceptors (Lipinski definition) is 13. The van der Waals surface area contributed by atoms with E-state index in [2.05, 4.69) is 54.7 Å². The second kappa shape index (κ2) is 25.3. The molecule has 1 saturated carbocycles. The highest BCUT2D eigenvalue weighted by molar-refractivity contribution is 5.89. The third-order valence-corrected chi connectivity index (χ3v) is 10.8. The van der Waals surface area contributed by atoms with E-state index in [1.165, 1.54) is 85.0 Å². The number of unbranched alkanes of at least 4 members (excludes halogenated alkanes) is 2. The van der Waals surface area contributed by atoms with Crippen molar-refractivity contribution >= 4 is 35.8 Å². The van der Waals surface area contributed by atoms with Gasteiger partial charge in [0.05, 0.1) is 39.9 Å². The van der Waals surface area contributed by atoms with Crippen molar-refractivity contribution in [2.45, 2.75) is 117 Å². The van der Waals surface area contributed by atoms with Crippen LogP contribution in [0, 0.1) is 11.3 Å². The number of carbonyl (C=O) groups excluding carboxylic acids is 6. The zero-order valence-corrected chi connectivity index (χ0v) is 36.9. The number of carbonyl (C=O) groups is 6. The van der Waals surface area contributed by atoms with Crippen LogP contribution < -0.4 is 9.47 Å². The number of aryl methyl sites for hydroxylation is 1. The Morgan fingerprint density at radius 3 is 1.77 bits per heavy atom. The lowest BCUT2D eigenvalue weighted by atomic mass is 9.76. The zero-order chi connectivity index (χ0) is 45.0. The van der Waals surface area contributed by atoms with Gasteiger partial charge in [0, 0.05) is 11.1 Å². The molecule has 1 aliphatic carbocycles. The third kappa shape index (κ3) is 16.5. The molecular weight excluding hydrogens is 785 g/mol. The van der Waals surface area contributed by atoms with Crippen LogP contribution in [0.25, 0.3) is 11.1 Å². The van der Waals surface area contributed by atoms with E-state index in [4.69, 9.17) is 23.7 Å². The minimum atomic E-state index is -1.55. The van der Waals surface area contributed by atoms with Gasteiger partial charge < -0.3 is 33.2 Å². The summed E-state index contributed by atoms with van der Waals surface area (Å²) in [7, 11) is 2.38. The van der Waals surface area contributed by atoms with Crippen LogP contribution in [0.3, 0.4) is 0 Å². The van der Waals surface area contributed by atoms with E-state index >= 15 is 0 Å². The van der Waals surface area contributed by atoms with Gasteiger partial charge in [-0.15, -0.1) is 0 Å². The lowest BCUT2D eigenvalue weighted by Crippen LogP contribution is -2.44. The Morgan fingerprint density at radius 1 is 0.656 bits per heavy atom. The van der Waals surface area contributed by atoms with E-state index in [0.717, 1.165) is 29.0 Å². The smallest absolute Gasteiger partial charge is 0.338 e. The molecule has 334 valence electrons. The van der Waals surface area contributed by atoms with Crippen molar-refractivity contribution in [1.29, 1.82) is 0 Å². The second-order valence-electron chi connectivity index (χ2n) is 15.9. The molecule has 0 amide bonds. The van der Waals surface area contributed by atoms with Crippen LogP contribution in [-0.2, 0) is 58.9 Å². The Bertz CT molecular complexity index is 1820. The minimum absolute atomic E-state index is 0.0657. The van der Waals surface area contributed by atoms with Gasteiger partial charge in [0.25, 0.3) is 0 Å². The molecule has 0 aliphatic heterocycles. The fraction of sp³-hybridized carbons (Fsp3) is 0.542. The van der Waals surface area contributed by atoms with E-state index < -0.39 is 67.7 Å². The molecule has 61 heavy (non-hydrogen) atoms. The minimum Gasteiger partial charge on any atom is -0.489 e. The lowest BCUT2D eigenvalue weighted by molar-refractivity contribution is -0.165. The zero-order valence-electron chi connectivity index (χ0n) is 36.9. The lowest BCUT2D eigenvalue weighted by Gasteiger charge is -2.32. The first-order valence-corrected chi connectivity index (χ1v) is 21.2. The van der Waals surface area contributed by atoms with Crippen LogP contribution in [0.4, 0.5) is 0 Å². The quantitative estimate of drug-likeness (QED) is 0.0306. The van der Waals surface area contributed by atoms with E-state index in [0.29, 0.717) is 5.92 Å². The highest BCUT2D eigenvalue weighted by Gasteiger charge is 2.38. The summed E-state index contributed by atoms with van der Waals surface area (Å²) >= 11 is 0. The number of rotatable bonds is 25. The Hall–Kier alpha value is -5.46. The molecule has 0 N–H and O–H groups in total. The fourth-order valence-electron chi connectivity index (χ4n) is 7.02. The van der Waals surface area contributed by atoms with Gasteiger partial charge in [0.15, 0.2) is 11.5 Å². The Labute approximate surface area is 360 Å². The standard InChI is InChI=1S/C48H64O13/c1-9-11-12-13-34-14-16-36(17-15-34)37-18-20-39(35(10-2)26-37)38-19-21-40(41(27-38)61-47(54)33(5)6)57-28-48(31-60-46(53)32(3)4,29-58-44(51)24-22-42(49)55-7)30-59-45(52)25-23-43(50)56-8/h18-21,26-27,34,36H,3,5,9-17,22-25,28-31H2,1-2,4,6-8H3. The average Bonchev–Trinajstić information content (AvgIpc) is 3.26. The van der Waals surface area contributed by atoms with Gasteiger partial charge in [-0.1, -0.05) is 77.0 Å². The van der Waals surface area contributed by atoms with Crippen molar-refractivity contribution in [1.82, 2.24) is 0 Å². The molecule has 13 nitrogen and oxygen atoms in total. The molecule has 0 bridgehead atoms. The molecule has 13 heteroatoms. The van der Waals surface area contributed by atoms with Gasteiger partial charge in [-0.2, -0.15) is 0 Å². The van der Waals surface area contributed by atoms with Gasteiger partial charge in [-0.25, -0.2) is 9.59 Å². The fourth-order valence-corrected chi connectivity index (χ4v) is 7.02. The van der Waals surface area contributed by atoms with Crippen LogP contribution >= 0.6 is 0 Å². The molecule has 0 unspecified atom stereocenters. The SMILES string of the molecule is C=C(C)C(=O)OCC(COC(=O)CCC(=O)OC)(COC(=O)CCC(=O)OC)COc1ccc(-c2ccc(C3CCC(CCCCC)CC3)cc2CC)cc1OC(=O)C(=C)C. The molecule has 0 heterocycles. The van der Waals surface area contributed by atoms with Gasteiger partial charge in [-0.05, 0) is 92.2 Å². The predicted octanol–water partition coefficient (Wildman–Crippen LogP) is 8.73. The monoisotopic (exact) mass is 848 g/mol. The Kier molecular flexibility index (Phi) is 20.7. The highest BCUT2D eigenvalue weighted by Crippen LogP contribution is 2.41. The topological polar surface area (TPSA) is 167 Å². The molecule has 1 fully saturated rings. The highest BCUT2D eigenvalue weighted by atomic mass is 16.6. The first-order chi connectivity index (χ1) is 29.1. The van der Waals surface area contributed by atoms with Crippen molar-refractivity contribution in [3.8, 4) is 22.6 Å². The summed E-state index contributed by atoms with van der Waals surface area (Å²) in [5.74, 6) is -2.80. The van der Waals surface area contributed by atoms with E-state index in [1.54, 1.807) is 12.1 Å². The van der Waals surface area contributed by atoms with E-state index in [1.807, 2.05) is 6.07 Å². The van der Waals surface area contributed by atoms with Crippen LogP contribution in [0.5, 0.6) is 11.5 Å². The van der Waals surface area contributed by atoms with Crippen molar-refractivity contribution in [3.05, 3.63) is 71.8 Å². The number of esters is 6. The number of ether oxygens (including phenoxy) is 7. The molecule has 0 atom stereocenters. The number of benzene rings is 2. The summed E-state index contributed by atoms with van der Waals surface area (Å²) in [6.45, 7) is 12.8. The maximum atomic E-state index is 13.0. The molecule has 0 aromatic heterocycles. The third-order valence-electron chi connectivity index (χ3n) is 10.8. The normalized spacial score (nSPS) is 14.9. The molecule has 3 rings (SSSR count).